The van der Waals surface area contributed by atoms with Gasteiger partial charge in [0.15, 0.2) is 0 Å². The normalized spacial score (nSPS) is 11.5. The molecule has 2 rings (SSSR count). The number of benzene rings is 1. The second kappa shape index (κ2) is 3.70. The number of aromatic nitrogens is 1. The van der Waals surface area contributed by atoms with E-state index in [9.17, 15) is 0 Å². The van der Waals surface area contributed by atoms with Gasteiger partial charge in [-0.05, 0) is 32.4 Å². The highest BCUT2D eigenvalue weighted by Crippen LogP contribution is 2.28. The fraction of sp³-hybridized carbons (Fsp3) is 0.385. The second-order valence-electron chi connectivity index (χ2n) is 4.25. The Morgan fingerprint density at radius 1 is 1.27 bits per heavy atom. The number of hydrogen-bond donors (Lipinski definition) is 1. The van der Waals surface area contributed by atoms with Crippen LogP contribution >= 0.6 is 0 Å². The van der Waals surface area contributed by atoms with E-state index in [-0.39, 0.29) is 0 Å². The average Bonchev–Trinajstić information content (AvgIpc) is 2.49. The predicted octanol–water partition coefficient (Wildman–Crippen LogP) is 2.99. The van der Waals surface area contributed by atoms with Crippen LogP contribution in [-0.4, -0.2) is 4.57 Å². The van der Waals surface area contributed by atoms with E-state index >= 15 is 0 Å². The third-order valence-electron chi connectivity index (χ3n) is 3.01. The highest BCUT2D eigenvalue weighted by Gasteiger charge is 2.13. The lowest BCUT2D eigenvalue weighted by molar-refractivity contribution is 0.605. The summed E-state index contributed by atoms with van der Waals surface area (Å²) < 4.78 is 2.36. The molecule has 80 valence electrons. The first kappa shape index (κ1) is 10.2. The first-order valence-electron chi connectivity index (χ1n) is 5.45. The predicted molar refractivity (Wildman–Crippen MR) is 65.0 cm³/mol. The Kier molecular flexibility index (Phi) is 2.53. The van der Waals surface area contributed by atoms with Gasteiger partial charge in [0, 0.05) is 29.2 Å². The van der Waals surface area contributed by atoms with Crippen molar-refractivity contribution in [2.75, 3.05) is 0 Å². The van der Waals surface area contributed by atoms with Crippen molar-refractivity contribution in [1.29, 1.82) is 0 Å². The molecule has 2 heteroatoms. The monoisotopic (exact) mass is 202 g/mol. The maximum absolute atomic E-state index is 5.82. The van der Waals surface area contributed by atoms with Crippen LogP contribution < -0.4 is 5.73 Å². The SMILES string of the molecule is Cc1c(CN)c2ccccc2n1C(C)C. The van der Waals surface area contributed by atoms with Gasteiger partial charge in [-0.25, -0.2) is 0 Å². The van der Waals surface area contributed by atoms with Crippen LogP contribution in [0, 0.1) is 6.92 Å². The third kappa shape index (κ3) is 1.45. The minimum atomic E-state index is 0.482. The van der Waals surface area contributed by atoms with Crippen LogP contribution in [-0.2, 0) is 6.54 Å². The van der Waals surface area contributed by atoms with Crippen LogP contribution in [0.15, 0.2) is 24.3 Å². The molecule has 15 heavy (non-hydrogen) atoms. The fourth-order valence-electron chi connectivity index (χ4n) is 2.38. The van der Waals surface area contributed by atoms with E-state index in [4.69, 9.17) is 5.73 Å². The van der Waals surface area contributed by atoms with E-state index in [1.165, 1.54) is 22.2 Å². The van der Waals surface area contributed by atoms with Gasteiger partial charge >= 0.3 is 0 Å². The Bertz CT molecular complexity index is 480. The first-order chi connectivity index (χ1) is 7.16. The maximum Gasteiger partial charge on any atom is 0.0488 e. The smallest absolute Gasteiger partial charge is 0.0488 e. The fourth-order valence-corrected chi connectivity index (χ4v) is 2.38. The first-order valence-corrected chi connectivity index (χ1v) is 5.45. The Morgan fingerprint density at radius 2 is 1.93 bits per heavy atom. The number of para-hydroxylation sites is 1. The van der Waals surface area contributed by atoms with Gasteiger partial charge < -0.3 is 10.3 Å². The van der Waals surface area contributed by atoms with Crippen molar-refractivity contribution in [1.82, 2.24) is 4.57 Å². The Balaban J connectivity index is 2.85. The molecule has 0 radical (unpaired) electrons. The molecule has 0 saturated heterocycles. The molecule has 0 aliphatic rings. The zero-order chi connectivity index (χ0) is 11.0. The summed E-state index contributed by atoms with van der Waals surface area (Å²) in [6, 6.07) is 8.97. The molecule has 0 spiro atoms. The number of fused-ring (bicyclic) bond motifs is 1. The summed E-state index contributed by atoms with van der Waals surface area (Å²) in [6.07, 6.45) is 0. The molecule has 2 aromatic rings. The van der Waals surface area contributed by atoms with E-state index in [1.807, 2.05) is 0 Å². The summed E-state index contributed by atoms with van der Waals surface area (Å²) >= 11 is 0. The largest absolute Gasteiger partial charge is 0.342 e. The molecule has 0 aliphatic carbocycles. The summed E-state index contributed by atoms with van der Waals surface area (Å²) in [6.45, 7) is 7.19. The summed E-state index contributed by atoms with van der Waals surface area (Å²) in [5, 5.41) is 1.30. The lowest BCUT2D eigenvalue weighted by atomic mass is 10.1. The molecule has 1 aromatic heterocycles. The zero-order valence-corrected chi connectivity index (χ0v) is 9.62. The topological polar surface area (TPSA) is 30.9 Å². The minimum Gasteiger partial charge on any atom is -0.342 e. The van der Waals surface area contributed by atoms with Crippen molar-refractivity contribution in [2.24, 2.45) is 5.73 Å². The van der Waals surface area contributed by atoms with Crippen LogP contribution in [0.1, 0.15) is 31.1 Å². The van der Waals surface area contributed by atoms with Crippen LogP contribution in [0.4, 0.5) is 0 Å². The quantitative estimate of drug-likeness (QED) is 0.797. The number of rotatable bonds is 2. The molecule has 0 unspecified atom stereocenters. The molecular weight excluding hydrogens is 184 g/mol. The molecule has 0 bridgehead atoms. The van der Waals surface area contributed by atoms with Gasteiger partial charge in [-0.15, -0.1) is 0 Å². The molecule has 0 atom stereocenters. The van der Waals surface area contributed by atoms with E-state index in [0.29, 0.717) is 12.6 Å². The summed E-state index contributed by atoms with van der Waals surface area (Å²) in [7, 11) is 0. The molecule has 0 aliphatic heterocycles. The van der Waals surface area contributed by atoms with Crippen molar-refractivity contribution in [3.8, 4) is 0 Å². The lowest BCUT2D eigenvalue weighted by Gasteiger charge is -2.12. The molecule has 1 aromatic carbocycles. The van der Waals surface area contributed by atoms with Gasteiger partial charge in [-0.2, -0.15) is 0 Å². The van der Waals surface area contributed by atoms with Crippen molar-refractivity contribution in [3.05, 3.63) is 35.5 Å². The zero-order valence-electron chi connectivity index (χ0n) is 9.62. The van der Waals surface area contributed by atoms with E-state index in [1.54, 1.807) is 0 Å². The van der Waals surface area contributed by atoms with Gasteiger partial charge in [0.05, 0.1) is 0 Å². The number of hydrogen-bond acceptors (Lipinski definition) is 1. The van der Waals surface area contributed by atoms with Gasteiger partial charge in [0.1, 0.15) is 0 Å². The van der Waals surface area contributed by atoms with Gasteiger partial charge in [-0.3, -0.25) is 0 Å². The number of nitrogens with zero attached hydrogens (tertiary/aromatic N) is 1. The van der Waals surface area contributed by atoms with Crippen LogP contribution in [0.5, 0.6) is 0 Å². The highest BCUT2D eigenvalue weighted by atomic mass is 15.0. The van der Waals surface area contributed by atoms with Gasteiger partial charge in [0.25, 0.3) is 0 Å². The lowest BCUT2D eigenvalue weighted by Crippen LogP contribution is -2.04. The molecular formula is C13H18N2. The maximum atomic E-state index is 5.82. The molecule has 0 saturated carbocycles. The highest BCUT2D eigenvalue weighted by molar-refractivity contribution is 5.85. The van der Waals surface area contributed by atoms with Gasteiger partial charge in [-0.1, -0.05) is 18.2 Å². The van der Waals surface area contributed by atoms with Crippen LogP contribution in [0.2, 0.25) is 0 Å². The Morgan fingerprint density at radius 3 is 2.53 bits per heavy atom. The van der Waals surface area contributed by atoms with E-state index in [2.05, 4.69) is 49.6 Å². The molecule has 0 amide bonds. The van der Waals surface area contributed by atoms with E-state index in [0.717, 1.165) is 0 Å². The van der Waals surface area contributed by atoms with Crippen LogP contribution in [0.25, 0.3) is 10.9 Å². The summed E-state index contributed by atoms with van der Waals surface area (Å²) in [5.74, 6) is 0. The van der Waals surface area contributed by atoms with E-state index < -0.39 is 0 Å². The molecule has 2 nitrogen and oxygen atoms in total. The van der Waals surface area contributed by atoms with Crippen molar-refractivity contribution >= 4 is 10.9 Å². The average molecular weight is 202 g/mol. The van der Waals surface area contributed by atoms with Crippen LogP contribution in [0.3, 0.4) is 0 Å². The summed E-state index contributed by atoms with van der Waals surface area (Å²) in [5.41, 5.74) is 9.69. The Labute approximate surface area is 90.7 Å². The van der Waals surface area contributed by atoms with Crippen molar-refractivity contribution in [2.45, 2.75) is 33.4 Å². The summed E-state index contributed by atoms with van der Waals surface area (Å²) in [4.78, 5) is 0. The molecule has 2 N–H and O–H groups in total. The molecule has 1 heterocycles. The van der Waals surface area contributed by atoms with Crippen molar-refractivity contribution in [3.63, 3.8) is 0 Å². The standard InChI is InChI=1S/C13H18N2/c1-9(2)15-10(3)12(8-14)11-6-4-5-7-13(11)15/h4-7,9H,8,14H2,1-3H3. The third-order valence-corrected chi connectivity index (χ3v) is 3.01. The second-order valence-corrected chi connectivity index (χ2v) is 4.25. The molecule has 0 fully saturated rings. The Hall–Kier alpha value is -1.28. The van der Waals surface area contributed by atoms with Crippen molar-refractivity contribution < 1.29 is 0 Å². The minimum absolute atomic E-state index is 0.482. The van der Waals surface area contributed by atoms with Gasteiger partial charge in [0.2, 0.25) is 0 Å². The number of nitrogens with two attached hydrogens (primary N) is 1.